The van der Waals surface area contributed by atoms with Gasteiger partial charge in [-0.05, 0) is 18.6 Å². The third-order valence-electron chi connectivity index (χ3n) is 2.09. The monoisotopic (exact) mass is 247 g/mol. The molecule has 6 heteroatoms. The van der Waals surface area contributed by atoms with Crippen LogP contribution in [-0.2, 0) is 4.74 Å². The van der Waals surface area contributed by atoms with Crippen molar-refractivity contribution >= 4 is 5.91 Å². The number of hydrogen-bond acceptors (Lipinski definition) is 2. The molecule has 0 aliphatic rings. The molecule has 0 aliphatic carbocycles. The fourth-order valence-corrected chi connectivity index (χ4v) is 1.21. The van der Waals surface area contributed by atoms with Gasteiger partial charge in [-0.3, -0.25) is 4.79 Å². The molecule has 1 amide bonds. The summed E-state index contributed by atoms with van der Waals surface area (Å²) in [4.78, 5) is 11.4. The maximum Gasteiger partial charge on any atom is 0.254 e. The van der Waals surface area contributed by atoms with Gasteiger partial charge in [-0.25, -0.2) is 13.2 Å². The highest BCUT2D eigenvalue weighted by atomic mass is 19.2. The van der Waals surface area contributed by atoms with Crippen LogP contribution in [0.3, 0.4) is 0 Å². The topological polar surface area (TPSA) is 38.3 Å². The van der Waals surface area contributed by atoms with E-state index in [0.717, 1.165) is 6.07 Å². The Hall–Kier alpha value is -1.56. The molecule has 3 nitrogen and oxygen atoms in total. The van der Waals surface area contributed by atoms with Crippen LogP contribution in [-0.4, -0.2) is 26.2 Å². The second kappa shape index (κ2) is 6.24. The second-order valence-corrected chi connectivity index (χ2v) is 3.33. The summed E-state index contributed by atoms with van der Waals surface area (Å²) in [5.74, 6) is -5.22. The Balaban J connectivity index is 2.66. The third kappa shape index (κ3) is 3.45. The minimum absolute atomic E-state index is 0.269. The molecule has 0 saturated heterocycles. The van der Waals surface area contributed by atoms with Crippen molar-refractivity contribution in [2.75, 3.05) is 20.3 Å². The Morgan fingerprint density at radius 3 is 2.65 bits per heavy atom. The van der Waals surface area contributed by atoms with E-state index in [0.29, 0.717) is 19.1 Å². The largest absolute Gasteiger partial charge is 0.385 e. The van der Waals surface area contributed by atoms with Crippen molar-refractivity contribution < 1.29 is 22.7 Å². The zero-order valence-corrected chi connectivity index (χ0v) is 9.23. The van der Waals surface area contributed by atoms with Crippen molar-refractivity contribution in [3.63, 3.8) is 0 Å². The van der Waals surface area contributed by atoms with Gasteiger partial charge in [-0.2, -0.15) is 0 Å². The molecule has 0 aromatic heterocycles. The number of carbonyl (C=O) groups excluding carboxylic acids is 1. The first-order valence-corrected chi connectivity index (χ1v) is 4.98. The molecule has 17 heavy (non-hydrogen) atoms. The minimum atomic E-state index is -1.64. The van der Waals surface area contributed by atoms with Gasteiger partial charge in [0.15, 0.2) is 17.5 Å². The number of carbonyl (C=O) groups is 1. The van der Waals surface area contributed by atoms with E-state index in [4.69, 9.17) is 4.74 Å². The molecule has 94 valence electrons. The first-order chi connectivity index (χ1) is 8.07. The molecule has 0 saturated carbocycles. The molecule has 0 heterocycles. The van der Waals surface area contributed by atoms with Crippen molar-refractivity contribution in [3.05, 3.63) is 35.1 Å². The van der Waals surface area contributed by atoms with E-state index in [-0.39, 0.29) is 6.54 Å². The summed E-state index contributed by atoms with van der Waals surface area (Å²) in [6.07, 6.45) is 0.549. The molecule has 0 atom stereocenters. The van der Waals surface area contributed by atoms with Crippen LogP contribution >= 0.6 is 0 Å². The van der Waals surface area contributed by atoms with Gasteiger partial charge in [0.2, 0.25) is 0 Å². The molecule has 0 spiro atoms. The molecule has 1 N–H and O–H groups in total. The van der Waals surface area contributed by atoms with Crippen LogP contribution in [0.1, 0.15) is 16.8 Å². The van der Waals surface area contributed by atoms with Crippen LogP contribution in [0, 0.1) is 17.5 Å². The Labute approximate surface area is 96.6 Å². The van der Waals surface area contributed by atoms with E-state index in [1.165, 1.54) is 7.11 Å². The number of amides is 1. The fourth-order valence-electron chi connectivity index (χ4n) is 1.21. The summed E-state index contributed by atoms with van der Waals surface area (Å²) in [6, 6.07) is 1.61. The lowest BCUT2D eigenvalue weighted by molar-refractivity contribution is 0.0943. The Kier molecular flexibility index (Phi) is 4.96. The number of hydrogen-bond donors (Lipinski definition) is 1. The first-order valence-electron chi connectivity index (χ1n) is 4.98. The number of nitrogens with one attached hydrogen (secondary N) is 1. The highest BCUT2D eigenvalue weighted by Gasteiger charge is 2.18. The van der Waals surface area contributed by atoms with E-state index in [1.807, 2.05) is 0 Å². The van der Waals surface area contributed by atoms with Crippen molar-refractivity contribution in [3.8, 4) is 0 Å². The van der Waals surface area contributed by atoms with Crippen molar-refractivity contribution in [1.29, 1.82) is 0 Å². The normalized spacial score (nSPS) is 10.4. The minimum Gasteiger partial charge on any atom is -0.385 e. The molecule has 0 radical (unpaired) electrons. The lowest BCUT2D eigenvalue weighted by Crippen LogP contribution is -2.26. The molecule has 0 unspecified atom stereocenters. The third-order valence-corrected chi connectivity index (χ3v) is 2.09. The Morgan fingerprint density at radius 2 is 2.00 bits per heavy atom. The summed E-state index contributed by atoms with van der Waals surface area (Å²) >= 11 is 0. The maximum atomic E-state index is 13.2. The van der Waals surface area contributed by atoms with Crippen LogP contribution in [0.5, 0.6) is 0 Å². The molecule has 0 fully saturated rings. The number of rotatable bonds is 5. The van der Waals surface area contributed by atoms with Gasteiger partial charge in [0.1, 0.15) is 0 Å². The van der Waals surface area contributed by atoms with Crippen molar-refractivity contribution in [1.82, 2.24) is 5.32 Å². The van der Waals surface area contributed by atoms with Crippen molar-refractivity contribution in [2.24, 2.45) is 0 Å². The summed E-state index contributed by atoms with van der Waals surface area (Å²) in [6.45, 7) is 0.714. The van der Waals surface area contributed by atoms with E-state index >= 15 is 0 Å². The molecule has 1 aromatic carbocycles. The van der Waals surface area contributed by atoms with Crippen molar-refractivity contribution in [2.45, 2.75) is 6.42 Å². The molecular formula is C11H12F3NO2. The van der Waals surface area contributed by atoms with Gasteiger partial charge in [0, 0.05) is 20.3 Å². The van der Waals surface area contributed by atoms with E-state index in [1.54, 1.807) is 0 Å². The molecule has 0 bridgehead atoms. The van der Waals surface area contributed by atoms with Crippen LogP contribution in [0.25, 0.3) is 0 Å². The van der Waals surface area contributed by atoms with Gasteiger partial charge in [-0.1, -0.05) is 0 Å². The van der Waals surface area contributed by atoms with Crippen LogP contribution in [0.2, 0.25) is 0 Å². The van der Waals surface area contributed by atoms with E-state index < -0.39 is 28.9 Å². The lowest BCUT2D eigenvalue weighted by atomic mass is 10.2. The Bertz CT molecular complexity index is 410. The van der Waals surface area contributed by atoms with Gasteiger partial charge < -0.3 is 10.1 Å². The highest BCUT2D eigenvalue weighted by Crippen LogP contribution is 2.14. The second-order valence-electron chi connectivity index (χ2n) is 3.33. The van der Waals surface area contributed by atoms with E-state index in [2.05, 4.69) is 5.32 Å². The van der Waals surface area contributed by atoms with Crippen LogP contribution < -0.4 is 5.32 Å². The number of benzene rings is 1. The highest BCUT2D eigenvalue weighted by molar-refractivity contribution is 5.94. The van der Waals surface area contributed by atoms with Crippen LogP contribution in [0.15, 0.2) is 12.1 Å². The summed E-state index contributed by atoms with van der Waals surface area (Å²) in [5, 5.41) is 2.37. The zero-order chi connectivity index (χ0) is 12.8. The number of ether oxygens (including phenoxy) is 1. The molecule has 1 rings (SSSR count). The molecular weight excluding hydrogens is 235 g/mol. The van der Waals surface area contributed by atoms with Gasteiger partial charge in [0.05, 0.1) is 5.56 Å². The molecule has 0 aliphatic heterocycles. The number of halogens is 3. The van der Waals surface area contributed by atoms with E-state index in [9.17, 15) is 18.0 Å². The smallest absolute Gasteiger partial charge is 0.254 e. The SMILES string of the molecule is COCCCNC(=O)c1ccc(F)c(F)c1F. The standard InChI is InChI=1S/C11H12F3NO2/c1-17-6-2-5-15-11(16)7-3-4-8(12)10(14)9(7)13/h3-4H,2,5-6H2,1H3,(H,15,16). The summed E-state index contributed by atoms with van der Waals surface area (Å²) in [7, 11) is 1.51. The lowest BCUT2D eigenvalue weighted by Gasteiger charge is -2.06. The quantitative estimate of drug-likeness (QED) is 0.637. The number of methoxy groups -OCH3 is 1. The average molecular weight is 247 g/mol. The van der Waals surface area contributed by atoms with Gasteiger partial charge in [0.25, 0.3) is 5.91 Å². The zero-order valence-electron chi connectivity index (χ0n) is 9.23. The van der Waals surface area contributed by atoms with Gasteiger partial charge in [-0.15, -0.1) is 0 Å². The van der Waals surface area contributed by atoms with Crippen LogP contribution in [0.4, 0.5) is 13.2 Å². The van der Waals surface area contributed by atoms with Gasteiger partial charge >= 0.3 is 0 Å². The molecule has 1 aromatic rings. The summed E-state index contributed by atoms with van der Waals surface area (Å²) in [5.41, 5.74) is -0.513. The predicted molar refractivity (Wildman–Crippen MR) is 55.1 cm³/mol. The average Bonchev–Trinajstić information content (AvgIpc) is 2.31. The summed E-state index contributed by atoms with van der Waals surface area (Å²) < 4.78 is 43.4. The fraction of sp³-hybridized carbons (Fsp3) is 0.364. The Morgan fingerprint density at radius 1 is 1.29 bits per heavy atom. The predicted octanol–water partition coefficient (Wildman–Crippen LogP) is 1.87. The first kappa shape index (κ1) is 13.5. The maximum absolute atomic E-state index is 13.2.